The second-order valence-corrected chi connectivity index (χ2v) is 12.9. The van der Waals surface area contributed by atoms with Gasteiger partial charge in [0.05, 0.1) is 20.5 Å². The molecule has 1 saturated carbocycles. The topological polar surface area (TPSA) is 110 Å². The molecule has 0 atom stereocenters. The number of aromatic nitrogens is 1. The Hall–Kier alpha value is -2.56. The number of amides is 1. The van der Waals surface area contributed by atoms with Gasteiger partial charge in [-0.2, -0.15) is 0 Å². The number of carbonyl (C=O) groups excluding carboxylic acids is 1. The van der Waals surface area contributed by atoms with Crippen molar-refractivity contribution in [2.24, 2.45) is 4.99 Å². The van der Waals surface area contributed by atoms with Crippen LogP contribution in [0, 0.1) is 0 Å². The number of rotatable bonds is 7. The quantitative estimate of drug-likeness (QED) is 0.464. The lowest BCUT2D eigenvalue weighted by molar-refractivity contribution is 0.178. The van der Waals surface area contributed by atoms with Crippen LogP contribution in [0.1, 0.15) is 70.2 Å². The molecule has 36 heavy (non-hydrogen) atoms. The zero-order chi connectivity index (χ0) is 25.8. The Morgan fingerprint density at radius 2 is 1.97 bits per heavy atom. The standard InChI is InChI=1S/C26H34N4O4S2/c1-26(2,3)30-36(32,33)23-15-19(29-25(31)34-17-20-11-7-8-14-27-20)12-13-21(23)22-16-28-24(35-22)18-9-5-4-6-10-18/h7,11-13,15-16,18,30H,4-6,8-10,14,17H2,1-3H3,(H,29,31). The van der Waals surface area contributed by atoms with Crippen molar-refractivity contribution in [3.05, 3.63) is 41.6 Å². The van der Waals surface area contributed by atoms with Gasteiger partial charge in [0, 0.05) is 35.4 Å². The van der Waals surface area contributed by atoms with Crippen LogP contribution in [0.25, 0.3) is 10.4 Å². The Balaban J connectivity index is 1.59. The van der Waals surface area contributed by atoms with Gasteiger partial charge in [0.1, 0.15) is 6.61 Å². The first-order valence-electron chi connectivity index (χ1n) is 12.4. The number of hydrogen-bond donors (Lipinski definition) is 2. The summed E-state index contributed by atoms with van der Waals surface area (Å²) in [5.41, 5.74) is 0.916. The highest BCUT2D eigenvalue weighted by Gasteiger charge is 2.27. The number of anilines is 1. The van der Waals surface area contributed by atoms with Crippen molar-refractivity contribution in [3.8, 4) is 10.4 Å². The van der Waals surface area contributed by atoms with Crippen LogP contribution >= 0.6 is 11.3 Å². The average Bonchev–Trinajstić information content (AvgIpc) is 3.33. The first-order valence-corrected chi connectivity index (χ1v) is 14.7. The van der Waals surface area contributed by atoms with Crippen molar-refractivity contribution in [2.45, 2.75) is 75.6 Å². The van der Waals surface area contributed by atoms with Crippen molar-refractivity contribution in [3.63, 3.8) is 0 Å². The minimum atomic E-state index is -3.89. The average molecular weight is 531 g/mol. The summed E-state index contributed by atoms with van der Waals surface area (Å²) in [6.45, 7) is 6.11. The lowest BCUT2D eigenvalue weighted by atomic mass is 9.90. The molecule has 1 aromatic carbocycles. The van der Waals surface area contributed by atoms with E-state index in [1.807, 2.05) is 12.2 Å². The molecule has 2 aliphatic rings. The molecule has 0 unspecified atom stereocenters. The van der Waals surface area contributed by atoms with Crippen LogP contribution in [-0.4, -0.2) is 43.9 Å². The number of dihydropyridines is 1. The van der Waals surface area contributed by atoms with E-state index in [-0.39, 0.29) is 11.5 Å². The highest BCUT2D eigenvalue weighted by Crippen LogP contribution is 2.39. The molecular formula is C26H34N4O4S2. The van der Waals surface area contributed by atoms with E-state index in [1.165, 1.54) is 25.3 Å². The number of thiazole rings is 1. The van der Waals surface area contributed by atoms with Crippen molar-refractivity contribution in [1.82, 2.24) is 9.71 Å². The van der Waals surface area contributed by atoms with E-state index < -0.39 is 21.7 Å². The monoisotopic (exact) mass is 530 g/mol. The third-order valence-electron chi connectivity index (χ3n) is 5.97. The molecule has 194 valence electrons. The van der Waals surface area contributed by atoms with Crippen LogP contribution < -0.4 is 10.0 Å². The molecule has 0 bridgehead atoms. The highest BCUT2D eigenvalue weighted by atomic mass is 32.2. The van der Waals surface area contributed by atoms with E-state index in [0.29, 0.717) is 29.4 Å². The summed E-state index contributed by atoms with van der Waals surface area (Å²) in [4.78, 5) is 22.2. The molecular weight excluding hydrogens is 496 g/mol. The van der Waals surface area contributed by atoms with Crippen LogP contribution in [0.15, 0.2) is 46.4 Å². The maximum atomic E-state index is 13.4. The largest absolute Gasteiger partial charge is 0.443 e. The zero-order valence-corrected chi connectivity index (χ0v) is 22.7. The van der Waals surface area contributed by atoms with Gasteiger partial charge in [-0.05, 0) is 58.2 Å². The molecule has 1 aliphatic carbocycles. The van der Waals surface area contributed by atoms with Crippen molar-refractivity contribution >= 4 is 38.9 Å². The van der Waals surface area contributed by atoms with Gasteiger partial charge in [0.15, 0.2) is 0 Å². The van der Waals surface area contributed by atoms with Gasteiger partial charge in [0.25, 0.3) is 0 Å². The molecule has 4 rings (SSSR count). The van der Waals surface area contributed by atoms with Crippen molar-refractivity contribution in [1.29, 1.82) is 0 Å². The van der Waals surface area contributed by atoms with Gasteiger partial charge < -0.3 is 4.74 Å². The van der Waals surface area contributed by atoms with Crippen LogP contribution in [-0.2, 0) is 14.8 Å². The van der Waals surface area contributed by atoms with E-state index in [2.05, 4.69) is 20.0 Å². The fraction of sp³-hybridized carbons (Fsp3) is 0.500. The van der Waals surface area contributed by atoms with Gasteiger partial charge >= 0.3 is 6.09 Å². The van der Waals surface area contributed by atoms with E-state index in [4.69, 9.17) is 4.74 Å². The van der Waals surface area contributed by atoms with E-state index in [9.17, 15) is 13.2 Å². The highest BCUT2D eigenvalue weighted by molar-refractivity contribution is 7.89. The fourth-order valence-corrected chi connectivity index (χ4v) is 7.23. The summed E-state index contributed by atoms with van der Waals surface area (Å²) in [5.74, 6) is 0.435. The molecule has 0 saturated heterocycles. The number of ether oxygens (including phenoxy) is 1. The fourth-order valence-electron chi connectivity index (χ4n) is 4.38. The second-order valence-electron chi connectivity index (χ2n) is 10.2. The molecule has 0 spiro atoms. The summed E-state index contributed by atoms with van der Waals surface area (Å²) >= 11 is 1.55. The first-order chi connectivity index (χ1) is 17.1. The Labute approximate surface area is 217 Å². The molecule has 0 radical (unpaired) electrons. The van der Waals surface area contributed by atoms with Gasteiger partial charge in [-0.1, -0.05) is 31.4 Å². The number of nitrogens with one attached hydrogen (secondary N) is 2. The summed E-state index contributed by atoms with van der Waals surface area (Å²) in [7, 11) is -3.89. The third-order valence-corrected chi connectivity index (χ3v) is 8.96. The lowest BCUT2D eigenvalue weighted by Gasteiger charge is -2.22. The Bertz CT molecular complexity index is 1250. The van der Waals surface area contributed by atoms with Crippen molar-refractivity contribution < 1.29 is 17.9 Å². The van der Waals surface area contributed by atoms with Crippen LogP contribution in [0.5, 0.6) is 0 Å². The molecule has 1 aromatic heterocycles. The Morgan fingerprint density at radius 1 is 1.19 bits per heavy atom. The minimum absolute atomic E-state index is 0.0575. The molecule has 2 aromatic rings. The normalized spacial score (nSPS) is 17.0. The SMILES string of the molecule is CC(C)(C)NS(=O)(=O)c1cc(NC(=O)OCC2=NCCC=C2)ccc1-c1cnc(C2CCCCC2)s1. The van der Waals surface area contributed by atoms with Gasteiger partial charge in [0.2, 0.25) is 10.0 Å². The van der Waals surface area contributed by atoms with E-state index in [1.54, 1.807) is 50.4 Å². The number of aliphatic imine (C=N–C) groups is 1. The van der Waals surface area contributed by atoms with Crippen LogP contribution in [0.3, 0.4) is 0 Å². The van der Waals surface area contributed by atoms with E-state index >= 15 is 0 Å². The van der Waals surface area contributed by atoms with Gasteiger partial charge in [-0.3, -0.25) is 10.3 Å². The number of sulfonamides is 1. The first kappa shape index (κ1) is 26.5. The second kappa shape index (κ2) is 11.2. The number of hydrogen-bond acceptors (Lipinski definition) is 7. The minimum Gasteiger partial charge on any atom is -0.443 e. The van der Waals surface area contributed by atoms with Gasteiger partial charge in [-0.15, -0.1) is 11.3 Å². The smallest absolute Gasteiger partial charge is 0.412 e. The molecule has 1 fully saturated rings. The van der Waals surface area contributed by atoms with Crippen LogP contribution in [0.4, 0.5) is 10.5 Å². The number of carbonyl (C=O) groups is 1. The predicted molar refractivity (Wildman–Crippen MR) is 144 cm³/mol. The predicted octanol–water partition coefficient (Wildman–Crippen LogP) is 5.88. The molecule has 1 aliphatic heterocycles. The summed E-state index contributed by atoms with van der Waals surface area (Å²) in [6.07, 6.45) is 11.7. The maximum Gasteiger partial charge on any atom is 0.412 e. The number of nitrogens with zero attached hydrogens (tertiary/aromatic N) is 2. The molecule has 10 heteroatoms. The summed E-state index contributed by atoms with van der Waals surface area (Å²) in [5, 5.41) is 3.71. The Kier molecular flexibility index (Phi) is 8.27. The molecule has 8 nitrogen and oxygen atoms in total. The zero-order valence-electron chi connectivity index (χ0n) is 21.0. The lowest BCUT2D eigenvalue weighted by Crippen LogP contribution is -2.40. The van der Waals surface area contributed by atoms with Crippen molar-refractivity contribution in [2.75, 3.05) is 18.5 Å². The maximum absolute atomic E-state index is 13.4. The third kappa shape index (κ3) is 7.02. The van der Waals surface area contributed by atoms with Gasteiger partial charge in [-0.25, -0.2) is 22.9 Å². The Morgan fingerprint density at radius 3 is 2.67 bits per heavy atom. The summed E-state index contributed by atoms with van der Waals surface area (Å²) < 4.78 is 34.9. The number of benzene rings is 1. The molecule has 1 amide bonds. The van der Waals surface area contributed by atoms with Crippen LogP contribution in [0.2, 0.25) is 0 Å². The van der Waals surface area contributed by atoms with E-state index in [0.717, 1.165) is 29.1 Å². The molecule has 2 heterocycles. The summed E-state index contributed by atoms with van der Waals surface area (Å²) in [6, 6.07) is 4.88. The molecule has 2 N–H and O–H groups in total.